The summed E-state index contributed by atoms with van der Waals surface area (Å²) >= 11 is 0. The molecule has 0 aliphatic carbocycles. The first-order chi connectivity index (χ1) is 10.8. The third-order valence-corrected chi connectivity index (χ3v) is 4.12. The van der Waals surface area contributed by atoms with Gasteiger partial charge in [-0.25, -0.2) is 9.78 Å². The average Bonchev–Trinajstić information content (AvgIpc) is 3.09. The zero-order valence-electron chi connectivity index (χ0n) is 14.0. The Labute approximate surface area is 137 Å². The topological polar surface area (TPSA) is 87.3 Å². The van der Waals surface area contributed by atoms with E-state index < -0.39 is 12.1 Å². The summed E-state index contributed by atoms with van der Waals surface area (Å²) in [6.45, 7) is 6.48. The van der Waals surface area contributed by atoms with Crippen LogP contribution in [0.2, 0.25) is 0 Å². The molecule has 1 saturated heterocycles. The van der Waals surface area contributed by atoms with E-state index in [1.54, 1.807) is 11.1 Å². The predicted octanol–water partition coefficient (Wildman–Crippen LogP) is 0.494. The molecule has 3 atom stereocenters. The first-order valence-electron chi connectivity index (χ1n) is 7.78. The lowest BCUT2D eigenvalue weighted by Crippen LogP contribution is -2.51. The molecule has 1 aliphatic rings. The van der Waals surface area contributed by atoms with E-state index in [4.69, 9.17) is 7.85 Å². The maximum Gasteiger partial charge on any atom is 0.407 e. The van der Waals surface area contributed by atoms with Gasteiger partial charge in [-0.2, -0.15) is 0 Å². The first kappa shape index (κ1) is 17.4. The molecule has 0 spiro atoms. The molecule has 0 bridgehead atoms. The fraction of sp³-hybridized carbons (Fsp3) is 0.667. The molecule has 2 rings (SSSR count). The van der Waals surface area contributed by atoms with Gasteiger partial charge in [-0.05, 0) is 23.8 Å². The summed E-state index contributed by atoms with van der Waals surface area (Å²) in [4.78, 5) is 33.5. The second kappa shape index (κ2) is 7.06. The highest BCUT2D eigenvalue weighted by atomic mass is 16.5. The lowest BCUT2D eigenvalue weighted by atomic mass is 10.0. The van der Waals surface area contributed by atoms with E-state index in [0.717, 1.165) is 6.42 Å². The summed E-state index contributed by atoms with van der Waals surface area (Å²) in [7, 11) is 6.98. The minimum absolute atomic E-state index is 0.0557. The molecule has 0 unspecified atom stereocenters. The zero-order valence-corrected chi connectivity index (χ0v) is 14.0. The Hall–Kier alpha value is -1.99. The van der Waals surface area contributed by atoms with Gasteiger partial charge in [0, 0.05) is 12.7 Å². The van der Waals surface area contributed by atoms with Crippen LogP contribution in [0.15, 0.2) is 6.20 Å². The number of ether oxygens (including phenoxy) is 1. The molecule has 2 heterocycles. The fourth-order valence-corrected chi connectivity index (χ4v) is 2.95. The third kappa shape index (κ3) is 3.86. The minimum atomic E-state index is -0.637. The number of nitrogens with one attached hydrogen (secondary N) is 2. The van der Waals surface area contributed by atoms with Crippen LogP contribution in [0.25, 0.3) is 0 Å². The Bertz CT molecular complexity index is 575. The third-order valence-electron chi connectivity index (χ3n) is 4.12. The summed E-state index contributed by atoms with van der Waals surface area (Å²) in [5.74, 6) is 0.844. The van der Waals surface area contributed by atoms with Gasteiger partial charge in [-0.3, -0.25) is 4.79 Å². The van der Waals surface area contributed by atoms with E-state index in [0.29, 0.717) is 23.9 Å². The van der Waals surface area contributed by atoms with Crippen LogP contribution in [-0.2, 0) is 9.53 Å². The number of imidazole rings is 1. The molecule has 0 saturated carbocycles. The quantitative estimate of drug-likeness (QED) is 0.791. The van der Waals surface area contributed by atoms with Crippen LogP contribution < -0.4 is 10.9 Å². The Morgan fingerprint density at radius 3 is 2.74 bits per heavy atom. The molecular weight excluding hydrogens is 295 g/mol. The van der Waals surface area contributed by atoms with E-state index in [1.165, 1.54) is 7.11 Å². The molecule has 2 radical (unpaired) electrons. The second-order valence-electron chi connectivity index (χ2n) is 6.43. The van der Waals surface area contributed by atoms with E-state index in [9.17, 15) is 9.59 Å². The number of rotatable bonds is 4. The van der Waals surface area contributed by atoms with E-state index in [-0.39, 0.29) is 17.9 Å². The monoisotopic (exact) mass is 318 g/mol. The lowest BCUT2D eigenvalue weighted by Gasteiger charge is -2.30. The number of hydrogen-bond acceptors (Lipinski definition) is 4. The Balaban J connectivity index is 2.21. The van der Waals surface area contributed by atoms with Crippen LogP contribution in [0.1, 0.15) is 39.1 Å². The number of carbonyl (C=O) groups is 2. The number of methoxy groups -OCH3 is 1. The number of alkyl carbamates (subject to hydrolysis) is 1. The maximum atomic E-state index is 13.0. The summed E-state index contributed by atoms with van der Waals surface area (Å²) in [6, 6.07) is -0.793. The van der Waals surface area contributed by atoms with Gasteiger partial charge >= 0.3 is 6.09 Å². The lowest BCUT2D eigenvalue weighted by molar-refractivity contribution is -0.135. The average molecular weight is 318 g/mol. The molecule has 1 aliphatic heterocycles. The molecule has 1 fully saturated rings. The highest BCUT2D eigenvalue weighted by Crippen LogP contribution is 2.34. The second-order valence-corrected chi connectivity index (χ2v) is 6.43. The molecule has 7 nitrogen and oxygen atoms in total. The van der Waals surface area contributed by atoms with Crippen molar-refractivity contribution in [1.82, 2.24) is 20.2 Å². The Kier molecular flexibility index (Phi) is 5.33. The normalized spacial score (nSPS) is 22.2. The molecule has 1 aromatic rings. The first-order valence-corrected chi connectivity index (χ1v) is 7.78. The summed E-state index contributed by atoms with van der Waals surface area (Å²) in [5.41, 5.74) is 0.472. The Morgan fingerprint density at radius 1 is 1.52 bits per heavy atom. The molecule has 23 heavy (non-hydrogen) atoms. The molecular formula is C15H23BN4O3. The van der Waals surface area contributed by atoms with Crippen LogP contribution in [0.3, 0.4) is 0 Å². The van der Waals surface area contributed by atoms with Gasteiger partial charge in [0.25, 0.3) is 0 Å². The SMILES string of the molecule is [B]c1cnc([C@@H]2C[C@H](C)CN2C(=O)[C@@H](NC(=O)OC)C(C)C)[nH]1. The molecule has 124 valence electrons. The van der Waals surface area contributed by atoms with Crippen molar-refractivity contribution in [2.45, 2.75) is 39.3 Å². The standard InChI is InChI=1S/C15H23BN4O3/c1-8(2)12(19-15(22)23-4)14(21)20-7-9(3)5-10(20)13-17-6-11(16)18-13/h6,8-10,12H,5,7H2,1-4H3,(H,17,18)(H,19,22)/t9-,10-,12-/m0/s1. The molecule has 1 aromatic heterocycles. The summed E-state index contributed by atoms with van der Waals surface area (Å²) in [5, 5.41) is 2.63. The van der Waals surface area contributed by atoms with Gasteiger partial charge in [0.2, 0.25) is 5.91 Å². The van der Waals surface area contributed by atoms with Crippen molar-refractivity contribution in [1.29, 1.82) is 0 Å². The highest BCUT2D eigenvalue weighted by Gasteiger charge is 2.39. The summed E-state index contributed by atoms with van der Waals surface area (Å²) < 4.78 is 4.62. The Morgan fingerprint density at radius 2 is 2.22 bits per heavy atom. The number of hydrogen-bond donors (Lipinski definition) is 2. The fourth-order valence-electron chi connectivity index (χ4n) is 2.95. The maximum absolute atomic E-state index is 13.0. The van der Waals surface area contributed by atoms with Gasteiger partial charge in [0.05, 0.1) is 13.2 Å². The van der Waals surface area contributed by atoms with E-state index in [1.807, 2.05) is 13.8 Å². The van der Waals surface area contributed by atoms with Crippen molar-refractivity contribution in [3.05, 3.63) is 12.0 Å². The van der Waals surface area contributed by atoms with Crippen LogP contribution in [0.4, 0.5) is 4.79 Å². The van der Waals surface area contributed by atoms with Gasteiger partial charge in [-0.15, -0.1) is 0 Å². The van der Waals surface area contributed by atoms with E-state index in [2.05, 4.69) is 26.9 Å². The van der Waals surface area contributed by atoms with Gasteiger partial charge in [0.15, 0.2) is 0 Å². The highest BCUT2D eigenvalue weighted by molar-refractivity contribution is 6.30. The smallest absolute Gasteiger partial charge is 0.407 e. The number of aromatic nitrogens is 2. The van der Waals surface area contributed by atoms with Crippen molar-refractivity contribution in [3.8, 4) is 0 Å². The number of likely N-dealkylation sites (tertiary alicyclic amines) is 1. The molecule has 0 aromatic carbocycles. The number of aromatic amines is 1. The van der Waals surface area contributed by atoms with Crippen molar-refractivity contribution >= 4 is 25.4 Å². The van der Waals surface area contributed by atoms with Crippen molar-refractivity contribution in [2.24, 2.45) is 11.8 Å². The van der Waals surface area contributed by atoms with Crippen LogP contribution in [-0.4, -0.2) is 54.4 Å². The largest absolute Gasteiger partial charge is 0.453 e. The minimum Gasteiger partial charge on any atom is -0.453 e. The van der Waals surface area contributed by atoms with Gasteiger partial charge in [0.1, 0.15) is 19.7 Å². The van der Waals surface area contributed by atoms with Crippen molar-refractivity contribution in [2.75, 3.05) is 13.7 Å². The van der Waals surface area contributed by atoms with Gasteiger partial charge in [-0.1, -0.05) is 20.8 Å². The van der Waals surface area contributed by atoms with Crippen molar-refractivity contribution < 1.29 is 14.3 Å². The number of carbonyl (C=O) groups excluding carboxylic acids is 2. The predicted molar refractivity (Wildman–Crippen MR) is 86.4 cm³/mol. The number of H-pyrrole nitrogens is 1. The number of nitrogens with zero attached hydrogens (tertiary/aromatic N) is 2. The van der Waals surface area contributed by atoms with Crippen LogP contribution in [0, 0.1) is 11.8 Å². The molecule has 8 heteroatoms. The van der Waals surface area contributed by atoms with E-state index >= 15 is 0 Å². The number of amides is 2. The van der Waals surface area contributed by atoms with Crippen LogP contribution in [0.5, 0.6) is 0 Å². The zero-order chi connectivity index (χ0) is 17.1. The van der Waals surface area contributed by atoms with Gasteiger partial charge < -0.3 is 19.9 Å². The van der Waals surface area contributed by atoms with Crippen molar-refractivity contribution in [3.63, 3.8) is 0 Å². The summed E-state index contributed by atoms with van der Waals surface area (Å²) in [6.07, 6.45) is 1.75. The molecule has 2 amide bonds. The molecule has 2 N–H and O–H groups in total. The van der Waals surface area contributed by atoms with Crippen LogP contribution >= 0.6 is 0 Å².